The molecule has 1 aromatic rings. The number of benzene rings is 1. The van der Waals surface area contributed by atoms with Gasteiger partial charge in [0, 0.05) is 7.23 Å². The molecule has 0 aliphatic carbocycles. The third-order valence-electron chi connectivity index (χ3n) is 0.926. The maximum absolute atomic E-state index is 7.08. The standard InChI is InChI=1S/C7H7Cl/c8-6-7-4-2-1-3-5-7/h1-5H,6H2/i6D. The van der Waals surface area contributed by atoms with Crippen molar-refractivity contribution in [3.8, 4) is 0 Å². The maximum atomic E-state index is 7.08. The van der Waals surface area contributed by atoms with Crippen LogP contribution in [0, 0.1) is 0 Å². The van der Waals surface area contributed by atoms with Crippen LogP contribution in [-0.2, 0) is 5.86 Å². The van der Waals surface area contributed by atoms with Gasteiger partial charge in [0.05, 0.1) is 0 Å². The number of alkyl halides is 1. The van der Waals surface area contributed by atoms with Gasteiger partial charge in [-0.05, 0) is 5.56 Å². The molecule has 0 heterocycles. The van der Waals surface area contributed by atoms with Gasteiger partial charge in [0.25, 0.3) is 0 Å². The van der Waals surface area contributed by atoms with Gasteiger partial charge in [-0.15, -0.1) is 11.6 Å². The fraction of sp³-hybridized carbons (Fsp3) is 0.143. The van der Waals surface area contributed by atoms with E-state index in [9.17, 15) is 0 Å². The van der Waals surface area contributed by atoms with Crippen LogP contribution in [0.2, 0.25) is 0 Å². The minimum atomic E-state index is -0.619. The van der Waals surface area contributed by atoms with Crippen LogP contribution < -0.4 is 0 Å². The molecule has 1 aromatic carbocycles. The summed E-state index contributed by atoms with van der Waals surface area (Å²) in [5.41, 5.74) is 0.846. The van der Waals surface area contributed by atoms with Crippen molar-refractivity contribution >= 4 is 11.6 Å². The van der Waals surface area contributed by atoms with Crippen molar-refractivity contribution in [1.29, 1.82) is 0 Å². The molecule has 0 saturated heterocycles. The fourth-order valence-electron chi connectivity index (χ4n) is 0.526. The molecule has 0 spiro atoms. The lowest BCUT2D eigenvalue weighted by Gasteiger charge is -1.88. The van der Waals surface area contributed by atoms with Crippen molar-refractivity contribution in [2.45, 2.75) is 5.86 Å². The van der Waals surface area contributed by atoms with Gasteiger partial charge in [-0.25, -0.2) is 0 Å². The molecule has 1 rings (SSSR count). The Kier molecular flexibility index (Phi) is 1.50. The Bertz CT molecular complexity index is 172. The molecule has 0 aliphatic heterocycles. The average Bonchev–Trinajstić information content (AvgIpc) is 1.90. The van der Waals surface area contributed by atoms with Crippen LogP contribution in [0.5, 0.6) is 0 Å². The van der Waals surface area contributed by atoms with Crippen LogP contribution in [0.1, 0.15) is 6.93 Å². The molecule has 0 bridgehead atoms. The highest BCUT2D eigenvalue weighted by Gasteiger charge is 1.81. The second-order valence-electron chi connectivity index (χ2n) is 1.52. The summed E-state index contributed by atoms with van der Waals surface area (Å²) in [4.78, 5) is 0. The van der Waals surface area contributed by atoms with Gasteiger partial charge in [-0.3, -0.25) is 0 Å². The normalized spacial score (nSPS) is 14.9. The molecule has 0 amide bonds. The Morgan fingerprint density at radius 1 is 1.38 bits per heavy atom. The van der Waals surface area contributed by atoms with Gasteiger partial charge in [0.2, 0.25) is 0 Å². The zero-order valence-electron chi connectivity index (χ0n) is 5.34. The van der Waals surface area contributed by atoms with E-state index in [1.165, 1.54) is 0 Å². The Labute approximate surface area is 55.5 Å². The third kappa shape index (κ3) is 1.24. The lowest BCUT2D eigenvalue weighted by atomic mass is 10.2. The summed E-state index contributed by atoms with van der Waals surface area (Å²) < 4.78 is 7.08. The monoisotopic (exact) mass is 127 g/mol. The fourth-order valence-corrected chi connectivity index (χ4v) is 0.671. The molecular formula is C7H7Cl. The van der Waals surface area contributed by atoms with E-state index in [0.29, 0.717) is 0 Å². The molecule has 1 atom stereocenters. The second-order valence-corrected chi connectivity index (χ2v) is 1.74. The third-order valence-corrected chi connectivity index (χ3v) is 1.18. The first kappa shape index (κ1) is 4.39. The van der Waals surface area contributed by atoms with Gasteiger partial charge < -0.3 is 0 Å². The summed E-state index contributed by atoms with van der Waals surface area (Å²) in [5.74, 6) is -0.619. The van der Waals surface area contributed by atoms with Crippen molar-refractivity contribution in [2.24, 2.45) is 0 Å². The number of rotatable bonds is 1. The average molecular weight is 128 g/mol. The molecule has 1 heteroatoms. The van der Waals surface area contributed by atoms with E-state index in [4.69, 9.17) is 13.0 Å². The first-order valence-corrected chi connectivity index (χ1v) is 2.85. The van der Waals surface area contributed by atoms with E-state index >= 15 is 0 Å². The highest BCUT2D eigenvalue weighted by molar-refractivity contribution is 6.17. The van der Waals surface area contributed by atoms with Crippen LogP contribution >= 0.6 is 11.6 Å². The van der Waals surface area contributed by atoms with Crippen LogP contribution in [0.15, 0.2) is 30.3 Å². The zero-order chi connectivity index (χ0) is 6.69. The highest BCUT2D eigenvalue weighted by atomic mass is 35.5. The molecule has 0 nitrogen and oxygen atoms in total. The first-order chi connectivity index (χ1) is 4.30. The predicted octanol–water partition coefficient (Wildman–Crippen LogP) is 2.43. The lowest BCUT2D eigenvalue weighted by molar-refractivity contribution is 1.41. The van der Waals surface area contributed by atoms with Crippen LogP contribution in [0.25, 0.3) is 0 Å². The summed E-state index contributed by atoms with van der Waals surface area (Å²) in [6, 6.07) is 9.33. The van der Waals surface area contributed by atoms with E-state index in [1.807, 2.05) is 30.3 Å². The van der Waals surface area contributed by atoms with Crippen LogP contribution in [-0.4, -0.2) is 0 Å². The summed E-state index contributed by atoms with van der Waals surface area (Å²) in [6.07, 6.45) is 0. The molecule has 1 unspecified atom stereocenters. The number of hydrogen-bond donors (Lipinski definition) is 0. The van der Waals surface area contributed by atoms with Crippen molar-refractivity contribution in [2.75, 3.05) is 0 Å². The molecule has 0 N–H and O–H groups in total. The summed E-state index contributed by atoms with van der Waals surface area (Å²) in [5, 5.41) is 0. The maximum Gasteiger partial charge on any atom is 0.0486 e. The first-order valence-electron chi connectivity index (χ1n) is 2.99. The Morgan fingerprint density at radius 3 is 2.38 bits per heavy atom. The Morgan fingerprint density at radius 2 is 2.00 bits per heavy atom. The van der Waals surface area contributed by atoms with Gasteiger partial charge in [-0.2, -0.15) is 0 Å². The number of hydrogen-bond acceptors (Lipinski definition) is 0. The minimum absolute atomic E-state index is 0.619. The second kappa shape index (κ2) is 2.73. The molecule has 0 saturated carbocycles. The quantitative estimate of drug-likeness (QED) is 0.509. The SMILES string of the molecule is [2H]C(Cl)c1ccccc1. The summed E-state index contributed by atoms with van der Waals surface area (Å²) >= 11 is 5.47. The van der Waals surface area contributed by atoms with E-state index < -0.39 is 5.86 Å². The Hall–Kier alpha value is -0.490. The van der Waals surface area contributed by atoms with E-state index in [-0.39, 0.29) is 0 Å². The van der Waals surface area contributed by atoms with Gasteiger partial charge in [0.1, 0.15) is 0 Å². The molecule has 42 valence electrons. The molecular weight excluding hydrogens is 120 g/mol. The Balaban J connectivity index is 2.85. The van der Waals surface area contributed by atoms with E-state index in [1.54, 1.807) is 0 Å². The van der Waals surface area contributed by atoms with Crippen LogP contribution in [0.3, 0.4) is 0 Å². The zero-order valence-corrected chi connectivity index (χ0v) is 5.10. The largest absolute Gasteiger partial charge is 0.122 e. The highest BCUT2D eigenvalue weighted by Crippen LogP contribution is 2.00. The van der Waals surface area contributed by atoms with Gasteiger partial charge >= 0.3 is 0 Å². The van der Waals surface area contributed by atoms with Crippen molar-refractivity contribution in [3.05, 3.63) is 35.9 Å². The molecule has 0 aliphatic rings. The smallest absolute Gasteiger partial charge is 0.0486 e. The summed E-state index contributed by atoms with van der Waals surface area (Å²) in [6.45, 7) is 0. The molecule has 0 radical (unpaired) electrons. The lowest BCUT2D eigenvalue weighted by Crippen LogP contribution is -1.71. The molecule has 0 fully saturated rings. The number of halogens is 1. The van der Waals surface area contributed by atoms with Gasteiger partial charge in [-0.1, -0.05) is 30.3 Å². The minimum Gasteiger partial charge on any atom is -0.122 e. The van der Waals surface area contributed by atoms with Crippen molar-refractivity contribution < 1.29 is 1.37 Å². The van der Waals surface area contributed by atoms with Gasteiger partial charge in [0.15, 0.2) is 0 Å². The topological polar surface area (TPSA) is 0 Å². The van der Waals surface area contributed by atoms with Crippen LogP contribution in [0.4, 0.5) is 0 Å². The van der Waals surface area contributed by atoms with E-state index in [0.717, 1.165) is 5.56 Å². The van der Waals surface area contributed by atoms with Crippen molar-refractivity contribution in [3.63, 3.8) is 0 Å². The van der Waals surface area contributed by atoms with Crippen molar-refractivity contribution in [1.82, 2.24) is 0 Å². The predicted molar refractivity (Wildman–Crippen MR) is 36.0 cm³/mol. The van der Waals surface area contributed by atoms with E-state index in [2.05, 4.69) is 0 Å². The summed E-state index contributed by atoms with van der Waals surface area (Å²) in [7, 11) is 0. The molecule has 8 heavy (non-hydrogen) atoms. The molecule has 0 aromatic heterocycles.